The molecule has 1 aromatic carbocycles. The Bertz CT molecular complexity index is 1400. The molecule has 1 aliphatic rings. The van der Waals surface area contributed by atoms with E-state index in [0.717, 1.165) is 32.6 Å². The van der Waals surface area contributed by atoms with E-state index in [1.165, 1.54) is 17.9 Å². The molecule has 0 spiro atoms. The number of carbonyl (C=O) groups is 1. The van der Waals surface area contributed by atoms with Crippen molar-refractivity contribution in [3.8, 4) is 0 Å². The number of likely N-dealkylation sites (tertiary alicyclic amines) is 1. The second kappa shape index (κ2) is 7.45. The number of thiazole rings is 1. The number of amides is 1. The average Bonchev–Trinajstić information content (AvgIpc) is 3.41. The summed E-state index contributed by atoms with van der Waals surface area (Å²) in [7, 11) is 2.99. The molecule has 1 fully saturated rings. The highest BCUT2D eigenvalue weighted by atomic mass is 32.1. The Morgan fingerprint density at radius 2 is 2.00 bits per heavy atom. The van der Waals surface area contributed by atoms with Gasteiger partial charge in [0.05, 0.1) is 21.6 Å². The number of aryl methyl sites for hydroxylation is 1. The first-order chi connectivity index (χ1) is 14.9. The molecule has 0 unspecified atom stereocenters. The first kappa shape index (κ1) is 19.7. The van der Waals surface area contributed by atoms with Crippen LogP contribution in [0, 0.1) is 0 Å². The third-order valence-corrected chi connectivity index (χ3v) is 7.16. The van der Waals surface area contributed by atoms with Crippen molar-refractivity contribution in [3.05, 3.63) is 56.4 Å². The summed E-state index contributed by atoms with van der Waals surface area (Å²) < 4.78 is 5.06. The number of hydrogen-bond donors (Lipinski definition) is 0. The molecular formula is C21H22N6O3S. The molecule has 0 N–H and O–H groups in total. The predicted octanol–water partition coefficient (Wildman–Crippen LogP) is 1.45. The number of aromatic nitrogens is 5. The van der Waals surface area contributed by atoms with Crippen LogP contribution in [0.3, 0.4) is 0 Å². The first-order valence-corrected chi connectivity index (χ1v) is 11.0. The Balaban J connectivity index is 1.39. The van der Waals surface area contributed by atoms with E-state index in [2.05, 4.69) is 11.1 Å². The van der Waals surface area contributed by atoms with E-state index in [9.17, 15) is 14.4 Å². The second-order valence-electron chi connectivity index (χ2n) is 7.95. The van der Waals surface area contributed by atoms with Crippen LogP contribution < -0.4 is 11.2 Å². The molecule has 9 nitrogen and oxygen atoms in total. The van der Waals surface area contributed by atoms with Gasteiger partial charge in [0.2, 0.25) is 5.91 Å². The van der Waals surface area contributed by atoms with Crippen LogP contribution in [-0.2, 0) is 25.4 Å². The monoisotopic (exact) mass is 438 g/mol. The van der Waals surface area contributed by atoms with E-state index < -0.39 is 11.2 Å². The Kier molecular flexibility index (Phi) is 4.73. The molecule has 4 heterocycles. The molecule has 31 heavy (non-hydrogen) atoms. The Labute approximate surface area is 181 Å². The van der Waals surface area contributed by atoms with Crippen molar-refractivity contribution >= 4 is 38.6 Å². The zero-order valence-corrected chi connectivity index (χ0v) is 18.1. The second-order valence-corrected chi connectivity index (χ2v) is 9.01. The van der Waals surface area contributed by atoms with Gasteiger partial charge in [-0.25, -0.2) is 14.8 Å². The van der Waals surface area contributed by atoms with Crippen LogP contribution in [0.1, 0.15) is 23.8 Å². The maximum atomic E-state index is 13.1. The van der Waals surface area contributed by atoms with Crippen LogP contribution >= 0.6 is 11.3 Å². The molecule has 160 valence electrons. The standard InChI is InChI=1S/C21H22N6O3S/c1-24-18-17(20(29)25(2)21(24)30)27(12-22-18)11-16(28)26-9-5-6-13(10-26)19-23-14-7-3-4-8-15(14)31-19/h3-4,7-8,12-13H,5-6,9-11H2,1-2H3/t13-/m1/s1. The molecule has 10 heteroatoms. The Morgan fingerprint density at radius 3 is 2.81 bits per heavy atom. The number of hydrogen-bond acceptors (Lipinski definition) is 6. The molecule has 1 atom stereocenters. The minimum Gasteiger partial charge on any atom is -0.340 e. The van der Waals surface area contributed by atoms with Crippen molar-refractivity contribution in [2.45, 2.75) is 25.3 Å². The molecular weight excluding hydrogens is 416 g/mol. The largest absolute Gasteiger partial charge is 0.340 e. The fourth-order valence-electron chi connectivity index (χ4n) is 4.23. The topological polar surface area (TPSA) is 95.0 Å². The van der Waals surface area contributed by atoms with E-state index >= 15 is 0 Å². The lowest BCUT2D eigenvalue weighted by Crippen LogP contribution is -2.41. The minimum atomic E-state index is -0.450. The zero-order chi connectivity index (χ0) is 21.7. The quantitative estimate of drug-likeness (QED) is 0.483. The van der Waals surface area contributed by atoms with Crippen molar-refractivity contribution in [1.82, 2.24) is 28.6 Å². The smallest absolute Gasteiger partial charge is 0.332 e. The highest BCUT2D eigenvalue weighted by Gasteiger charge is 2.27. The van der Waals surface area contributed by atoms with Crippen LogP contribution in [0.2, 0.25) is 0 Å². The van der Waals surface area contributed by atoms with Gasteiger partial charge >= 0.3 is 5.69 Å². The van der Waals surface area contributed by atoms with E-state index in [-0.39, 0.29) is 29.5 Å². The van der Waals surface area contributed by atoms with E-state index in [1.807, 2.05) is 23.1 Å². The Hall–Kier alpha value is -3.27. The van der Waals surface area contributed by atoms with E-state index in [1.54, 1.807) is 23.0 Å². The van der Waals surface area contributed by atoms with Crippen LogP contribution in [0.25, 0.3) is 21.4 Å². The summed E-state index contributed by atoms with van der Waals surface area (Å²) in [6.45, 7) is 1.31. The minimum absolute atomic E-state index is 0.0104. The molecule has 0 saturated carbocycles. The number of fused-ring (bicyclic) bond motifs is 2. The van der Waals surface area contributed by atoms with E-state index in [0.29, 0.717) is 13.1 Å². The van der Waals surface area contributed by atoms with Gasteiger partial charge in [-0.2, -0.15) is 0 Å². The van der Waals surface area contributed by atoms with Crippen molar-refractivity contribution in [2.24, 2.45) is 14.1 Å². The summed E-state index contributed by atoms with van der Waals surface area (Å²) in [5.41, 5.74) is 0.653. The van der Waals surface area contributed by atoms with Crippen molar-refractivity contribution < 1.29 is 4.79 Å². The predicted molar refractivity (Wildman–Crippen MR) is 118 cm³/mol. The van der Waals surface area contributed by atoms with Crippen LogP contribution in [0.15, 0.2) is 40.2 Å². The highest BCUT2D eigenvalue weighted by molar-refractivity contribution is 7.18. The molecule has 0 radical (unpaired) electrons. The van der Waals surface area contributed by atoms with Gasteiger partial charge in [-0.05, 0) is 25.0 Å². The third kappa shape index (κ3) is 3.27. The summed E-state index contributed by atoms with van der Waals surface area (Å²) in [6.07, 6.45) is 3.37. The van der Waals surface area contributed by atoms with Gasteiger partial charge in [0, 0.05) is 33.1 Å². The third-order valence-electron chi connectivity index (χ3n) is 5.96. The molecule has 1 saturated heterocycles. The van der Waals surface area contributed by atoms with Crippen LogP contribution in [-0.4, -0.2) is 47.6 Å². The SMILES string of the molecule is Cn1c(=O)c2c(ncn2CC(=O)N2CCC[C@@H](c3nc4ccccc4s3)C2)n(C)c1=O. The summed E-state index contributed by atoms with van der Waals surface area (Å²) >= 11 is 1.69. The van der Waals surface area contributed by atoms with Gasteiger partial charge in [-0.3, -0.25) is 18.7 Å². The summed E-state index contributed by atoms with van der Waals surface area (Å²) in [5.74, 6) is 0.143. The summed E-state index contributed by atoms with van der Waals surface area (Å²) in [6, 6.07) is 8.08. The van der Waals surface area contributed by atoms with Crippen molar-refractivity contribution in [1.29, 1.82) is 0 Å². The van der Waals surface area contributed by atoms with Crippen LogP contribution in [0.5, 0.6) is 0 Å². The van der Waals surface area contributed by atoms with Gasteiger partial charge in [0.1, 0.15) is 6.54 Å². The lowest BCUT2D eigenvalue weighted by molar-refractivity contribution is -0.133. The number of nitrogens with zero attached hydrogens (tertiary/aromatic N) is 6. The fourth-order valence-corrected chi connectivity index (χ4v) is 5.33. The molecule has 1 amide bonds. The van der Waals surface area contributed by atoms with E-state index in [4.69, 9.17) is 4.98 Å². The van der Waals surface area contributed by atoms with Gasteiger partial charge in [0.15, 0.2) is 11.2 Å². The van der Waals surface area contributed by atoms with Gasteiger partial charge in [-0.15, -0.1) is 11.3 Å². The van der Waals surface area contributed by atoms with Crippen molar-refractivity contribution in [2.75, 3.05) is 13.1 Å². The molecule has 3 aromatic heterocycles. The number of piperidine rings is 1. The summed E-state index contributed by atoms with van der Waals surface area (Å²) in [5, 5.41) is 1.07. The Morgan fingerprint density at radius 1 is 1.19 bits per heavy atom. The highest BCUT2D eigenvalue weighted by Crippen LogP contribution is 2.33. The molecule has 4 aromatic rings. The van der Waals surface area contributed by atoms with Gasteiger partial charge in [-0.1, -0.05) is 12.1 Å². The first-order valence-electron chi connectivity index (χ1n) is 10.2. The normalized spacial score (nSPS) is 17.0. The average molecular weight is 439 g/mol. The lowest BCUT2D eigenvalue weighted by Gasteiger charge is -2.32. The number of benzene rings is 1. The molecule has 0 bridgehead atoms. The number of rotatable bonds is 3. The van der Waals surface area contributed by atoms with Crippen molar-refractivity contribution in [3.63, 3.8) is 0 Å². The molecule has 5 rings (SSSR count). The fraction of sp³-hybridized carbons (Fsp3) is 0.381. The molecule has 0 aliphatic carbocycles. The summed E-state index contributed by atoms with van der Waals surface area (Å²) in [4.78, 5) is 48.6. The van der Waals surface area contributed by atoms with Gasteiger partial charge in [0.25, 0.3) is 5.56 Å². The number of imidazole rings is 1. The zero-order valence-electron chi connectivity index (χ0n) is 17.3. The molecule has 1 aliphatic heterocycles. The van der Waals surface area contributed by atoms with Crippen LogP contribution in [0.4, 0.5) is 0 Å². The number of carbonyl (C=O) groups excluding carboxylic acids is 1. The maximum Gasteiger partial charge on any atom is 0.332 e. The maximum absolute atomic E-state index is 13.1. The lowest BCUT2D eigenvalue weighted by atomic mass is 9.98. The number of para-hydroxylation sites is 1. The van der Waals surface area contributed by atoms with Gasteiger partial charge < -0.3 is 9.47 Å².